The Labute approximate surface area is 914 Å². The van der Waals surface area contributed by atoms with Crippen molar-refractivity contribution in [3.8, 4) is 0 Å². The first kappa shape index (κ1) is 129. The van der Waals surface area contributed by atoms with Crippen molar-refractivity contribution >= 4 is 35.7 Å². The number of unbranched alkanes of at least 4 members (excludes halogenated alkanes) is 15. The highest BCUT2D eigenvalue weighted by Crippen LogP contribution is 2.49. The Morgan fingerprint density at radius 2 is 0.383 bits per heavy atom. The van der Waals surface area contributed by atoms with Crippen LogP contribution in [0.15, 0.2) is 0 Å². The van der Waals surface area contributed by atoms with Crippen LogP contribution in [-0.2, 0) is 43.7 Å². The molecule has 5 aliphatic rings. The van der Waals surface area contributed by atoms with Gasteiger partial charge >= 0.3 is 0 Å². The maximum atomic E-state index is 6.93. The van der Waals surface area contributed by atoms with Crippen LogP contribution in [0.4, 0.5) is 35.7 Å². The van der Waals surface area contributed by atoms with Crippen molar-refractivity contribution in [1.82, 2.24) is 84.9 Å². The molecule has 28 nitrogen and oxygen atoms in total. The van der Waals surface area contributed by atoms with Crippen molar-refractivity contribution < 1.29 is 24.2 Å². The lowest BCUT2D eigenvalue weighted by Gasteiger charge is -2.56. The van der Waals surface area contributed by atoms with E-state index in [1.54, 1.807) is 0 Å². The molecule has 0 saturated carbocycles. The standard InChI is InChI=1S/C121H233N23O5/c1-35-49-67-132(68-50-36-2)106-122-103(123-107(128-106)133(69-51-37-3)70-52-38-4)66-80-131(98-86-112(15,16)140(145-81-44-10)113(17,18)87-98)75-62-60-61-65-79-139(102-94-120(31,32)144(149-85-48-14)121(33,34)95-102)111-127-105(126-110(130-111)138(78-57-43-9)101-92-118(27,28)143(148-84-47-13)119(29,30)93-101)97-137(100-90-116(23,24)142(147-83-46-12)117(25,26)91-100)77-64-59-58-63-76-136(99-88-114(19,20)141(146-82-45-11)115(21,22)89-99)96-104-124-108(134(71-53-39-5)72-54-40-6)129-109(125-104)135(73-55-41-7)74-56-42-8/h98-102H,35-97H2,1-34H3. The van der Waals surface area contributed by atoms with Gasteiger partial charge in [0.25, 0.3) is 0 Å². The molecule has 0 amide bonds. The van der Waals surface area contributed by atoms with Gasteiger partial charge in [-0.1, -0.05) is 180 Å². The van der Waals surface area contributed by atoms with Gasteiger partial charge < -0.3 is 29.4 Å². The Kier molecular flexibility index (Phi) is 53.9. The number of piperidine rings is 5. The Balaban J connectivity index is 1.24. The number of rotatable bonds is 74. The van der Waals surface area contributed by atoms with E-state index in [4.69, 9.17) is 69.0 Å². The summed E-state index contributed by atoms with van der Waals surface area (Å²) < 4.78 is 0. The molecule has 0 bridgehead atoms. The molecule has 28 heteroatoms. The van der Waals surface area contributed by atoms with Crippen LogP contribution in [-0.4, -0.2) is 295 Å². The third-order valence-electron chi connectivity index (χ3n) is 32.6. The summed E-state index contributed by atoms with van der Waals surface area (Å²) >= 11 is 0. The van der Waals surface area contributed by atoms with Gasteiger partial charge in [0, 0.05) is 164 Å². The highest BCUT2D eigenvalue weighted by molar-refractivity contribution is 5.44. The molecule has 8 rings (SSSR count). The van der Waals surface area contributed by atoms with E-state index in [0.29, 0.717) is 45.6 Å². The molecule has 0 unspecified atom stereocenters. The number of hydrogen-bond acceptors (Lipinski definition) is 28. The fourth-order valence-corrected chi connectivity index (χ4v) is 26.2. The summed E-state index contributed by atoms with van der Waals surface area (Å²) in [5, 5.41) is 11.8. The highest BCUT2D eigenvalue weighted by atomic mass is 16.7. The first-order valence-corrected chi connectivity index (χ1v) is 61.9. The lowest BCUT2D eigenvalue weighted by atomic mass is 9.78. The molecule has 149 heavy (non-hydrogen) atoms. The van der Waals surface area contributed by atoms with Gasteiger partial charge in [-0.15, -0.1) is 0 Å². The average Bonchev–Trinajstić information content (AvgIpc) is 0.734. The fraction of sp³-hybridized carbons (Fsp3) is 0.926. The van der Waals surface area contributed by atoms with Crippen LogP contribution in [0.25, 0.3) is 0 Å². The monoisotopic (exact) mass is 2090 g/mol. The predicted molar refractivity (Wildman–Crippen MR) is 627 cm³/mol. The zero-order valence-electron chi connectivity index (χ0n) is 103. The second-order valence-electron chi connectivity index (χ2n) is 52.2. The molecule has 3 aromatic heterocycles. The number of nitrogens with zero attached hydrogens (tertiary/aromatic N) is 23. The summed E-state index contributed by atoms with van der Waals surface area (Å²) in [4.78, 5) is 110. The molecule has 0 radical (unpaired) electrons. The van der Waals surface area contributed by atoms with Gasteiger partial charge in [-0.3, -0.25) is 38.9 Å². The van der Waals surface area contributed by atoms with Crippen LogP contribution < -0.4 is 29.4 Å². The van der Waals surface area contributed by atoms with Gasteiger partial charge in [-0.2, -0.15) is 70.2 Å². The molecular weight excluding hydrogens is 1860 g/mol. The minimum Gasteiger partial charge on any atom is -0.341 e. The van der Waals surface area contributed by atoms with Crippen molar-refractivity contribution in [2.24, 2.45) is 0 Å². The summed E-state index contributed by atoms with van der Waals surface area (Å²) in [5.41, 5.74) is -2.51. The van der Waals surface area contributed by atoms with E-state index in [9.17, 15) is 0 Å². The van der Waals surface area contributed by atoms with Crippen molar-refractivity contribution in [3.63, 3.8) is 0 Å². The SMILES string of the molecule is CCCCN(CCCC)c1nc(CCN(CCCCCCN(c2nc(CN(CCCCCCN(Cc3nc(N(CCCC)CCCC)nc(N(CCCC)CCCC)n3)C3CC(C)(C)N(OCCC)C(C)(C)C3)C3CC(C)(C)N(OCCC)C(C)(C)C3)nc(N(CCCC)C3CC(C)(C)N(OCCC)C(C)(C)C3)n2)C2CC(C)(C)N(OCCC)C(C)(C)C2)C2CC(C)(C)N(OCCC)C(C)(C)C2)nc(N(CCCC)CCCC)n1. The number of aromatic nitrogens is 9. The molecule has 3 aromatic rings. The summed E-state index contributed by atoms with van der Waals surface area (Å²) in [6, 6.07) is 1.04. The molecule has 0 N–H and O–H groups in total. The lowest BCUT2D eigenvalue weighted by molar-refractivity contribution is -0.288. The van der Waals surface area contributed by atoms with Crippen LogP contribution in [0.2, 0.25) is 0 Å². The zero-order chi connectivity index (χ0) is 110. The number of anilines is 6. The summed E-state index contributed by atoms with van der Waals surface area (Å²) in [6.45, 7) is 98.0. The maximum Gasteiger partial charge on any atom is 0.230 e. The first-order valence-electron chi connectivity index (χ1n) is 61.9. The highest BCUT2D eigenvalue weighted by Gasteiger charge is 2.55. The Morgan fingerprint density at radius 1 is 0.195 bits per heavy atom. The molecule has 0 spiro atoms. The third-order valence-corrected chi connectivity index (χ3v) is 32.6. The van der Waals surface area contributed by atoms with E-state index in [1.165, 1.54) is 0 Å². The molecule has 5 saturated heterocycles. The summed E-state index contributed by atoms with van der Waals surface area (Å²) in [5.74, 6) is 7.74. The molecule has 0 aromatic carbocycles. The molecular formula is C121H233N23O5. The summed E-state index contributed by atoms with van der Waals surface area (Å²) in [7, 11) is 0. The van der Waals surface area contributed by atoms with Crippen molar-refractivity contribution in [1.29, 1.82) is 0 Å². The van der Waals surface area contributed by atoms with Gasteiger partial charge in [0.1, 0.15) is 17.5 Å². The fourth-order valence-electron chi connectivity index (χ4n) is 26.2. The third kappa shape index (κ3) is 38.6. The van der Waals surface area contributed by atoms with Crippen molar-refractivity contribution in [3.05, 3.63) is 17.5 Å². The first-order chi connectivity index (χ1) is 70.7. The van der Waals surface area contributed by atoms with Gasteiger partial charge in [-0.25, -0.2) is 0 Å². The van der Waals surface area contributed by atoms with E-state index < -0.39 is 0 Å². The largest absolute Gasteiger partial charge is 0.341 e. The number of hydroxylamine groups is 10. The van der Waals surface area contributed by atoms with E-state index in [0.717, 1.165) is 421 Å². The maximum absolute atomic E-state index is 6.93. The summed E-state index contributed by atoms with van der Waals surface area (Å²) in [6.07, 6.45) is 43.4. The lowest BCUT2D eigenvalue weighted by Crippen LogP contribution is -2.64. The second-order valence-corrected chi connectivity index (χ2v) is 52.2. The van der Waals surface area contributed by atoms with Crippen molar-refractivity contribution in [2.75, 3.05) is 154 Å². The minimum absolute atomic E-state index is 0.0961. The molecule has 0 aliphatic carbocycles. The van der Waals surface area contributed by atoms with Crippen LogP contribution in [0, 0.1) is 0 Å². The van der Waals surface area contributed by atoms with E-state index in [1.807, 2.05) is 0 Å². The molecule has 8 heterocycles. The van der Waals surface area contributed by atoms with Gasteiger partial charge in [-0.05, 0) is 338 Å². The van der Waals surface area contributed by atoms with Crippen LogP contribution in [0.1, 0.15) is 516 Å². The Bertz CT molecular complexity index is 3990. The van der Waals surface area contributed by atoms with Gasteiger partial charge in [0.05, 0.1) is 46.1 Å². The molecule has 0 atom stereocenters. The van der Waals surface area contributed by atoms with Crippen molar-refractivity contribution in [2.45, 2.75) is 604 Å². The van der Waals surface area contributed by atoms with E-state index >= 15 is 0 Å². The van der Waals surface area contributed by atoms with Crippen LogP contribution in [0.3, 0.4) is 0 Å². The quantitative estimate of drug-likeness (QED) is 0.0481. The van der Waals surface area contributed by atoms with Crippen LogP contribution >= 0.6 is 0 Å². The van der Waals surface area contributed by atoms with E-state index in [-0.39, 0.29) is 79.6 Å². The normalized spacial score (nSPS) is 19.9. The second kappa shape index (κ2) is 62.0. The molecule has 862 valence electrons. The molecule has 5 fully saturated rings. The zero-order valence-corrected chi connectivity index (χ0v) is 103. The van der Waals surface area contributed by atoms with Gasteiger partial charge in [0.2, 0.25) is 35.7 Å². The van der Waals surface area contributed by atoms with Crippen LogP contribution in [0.5, 0.6) is 0 Å². The predicted octanol–water partition coefficient (Wildman–Crippen LogP) is 27.1. The van der Waals surface area contributed by atoms with E-state index in [2.05, 4.69) is 305 Å². The van der Waals surface area contributed by atoms with Gasteiger partial charge in [0.15, 0.2) is 0 Å². The smallest absolute Gasteiger partial charge is 0.230 e. The average molecular weight is 2090 g/mol. The Hall–Kier alpha value is -4.69. The Morgan fingerprint density at radius 3 is 0.617 bits per heavy atom. The number of hydrogen-bond donors (Lipinski definition) is 0. The molecule has 5 aliphatic heterocycles. The topological polar surface area (TPSA) is 208 Å². The minimum atomic E-state index is -0.311.